The Balaban J connectivity index is 1.77. The number of Topliss-reactive ketones (excluding diaryl/α,β-unsaturated/α-hetero) is 1. The second-order valence-corrected chi connectivity index (χ2v) is 16.8. The van der Waals surface area contributed by atoms with Gasteiger partial charge in [-0.2, -0.15) is 0 Å². The molecule has 7 atom stereocenters. The van der Waals surface area contributed by atoms with Gasteiger partial charge in [-0.3, -0.25) is 28.8 Å². The Labute approximate surface area is 307 Å². The highest BCUT2D eigenvalue weighted by Gasteiger charge is 2.70. The van der Waals surface area contributed by atoms with Gasteiger partial charge in [0.25, 0.3) is 5.91 Å². The number of likely N-dealkylation sites (tertiary alicyclic amines) is 1. The van der Waals surface area contributed by atoms with E-state index >= 15 is 0 Å². The zero-order valence-corrected chi connectivity index (χ0v) is 32.7. The molecule has 1 aliphatic heterocycles. The first-order valence-electron chi connectivity index (χ1n) is 17.9. The number of fused-ring (bicyclic) bond motifs is 1. The minimum atomic E-state index is -1.23. The van der Waals surface area contributed by atoms with E-state index in [1.807, 2.05) is 13.8 Å². The smallest absolute Gasteiger partial charge is 0.408 e. The molecule has 288 valence electrons. The van der Waals surface area contributed by atoms with Crippen molar-refractivity contribution >= 4 is 41.4 Å². The lowest BCUT2D eigenvalue weighted by Crippen LogP contribution is -2.61. The van der Waals surface area contributed by atoms with Crippen LogP contribution in [0.3, 0.4) is 0 Å². The largest absolute Gasteiger partial charge is 0.444 e. The van der Waals surface area contributed by atoms with Crippen molar-refractivity contribution in [1.29, 1.82) is 0 Å². The summed E-state index contributed by atoms with van der Waals surface area (Å²) in [6, 6.07) is 3.24. The molecule has 1 heterocycles. The summed E-state index contributed by atoms with van der Waals surface area (Å²) in [4.78, 5) is 96.7. The highest BCUT2D eigenvalue weighted by atomic mass is 16.6. The standard InChI is InChI=1S/C38H58N6O8/c1-13-17-24(28(45)32(48)39-21(2)30(46)41-26(33(49)43(11)12)22-18-15-14-16-19-22)40-31(47)27-25-23(38(25,9)10)20-44(27)34(50)29(36(3,4)5)42-35(51)52-37(6,7)8/h14-16,18-19,21,23-27,29H,13,17,20H2,1-12H3,(H,39,48)(H,40,47)(H,41,46)(H,42,51)/t21-,23-,24?,25-,26?,27?,29+/m0/s1. The van der Waals surface area contributed by atoms with E-state index in [1.54, 1.807) is 92.9 Å². The molecule has 3 unspecified atom stereocenters. The number of hydrogen-bond donors (Lipinski definition) is 4. The van der Waals surface area contributed by atoms with Crippen LogP contribution in [0.25, 0.3) is 0 Å². The van der Waals surface area contributed by atoms with Crippen LogP contribution in [0.5, 0.6) is 0 Å². The third kappa shape index (κ3) is 9.88. The molecule has 4 N–H and O–H groups in total. The number of alkyl carbamates (subject to hydrolysis) is 1. The van der Waals surface area contributed by atoms with Crippen LogP contribution >= 0.6 is 0 Å². The zero-order valence-electron chi connectivity index (χ0n) is 32.7. The molecule has 1 saturated heterocycles. The van der Waals surface area contributed by atoms with Gasteiger partial charge in [-0.25, -0.2) is 4.79 Å². The molecule has 1 aromatic rings. The number of likely N-dealkylation sites (N-methyl/N-ethyl adjacent to an activating group) is 1. The molecule has 14 nitrogen and oxygen atoms in total. The van der Waals surface area contributed by atoms with Crippen LogP contribution in [0.4, 0.5) is 4.79 Å². The molecule has 1 aromatic carbocycles. The number of nitrogens with zero attached hydrogens (tertiary/aromatic N) is 2. The van der Waals surface area contributed by atoms with Crippen molar-refractivity contribution < 1.29 is 38.3 Å². The monoisotopic (exact) mass is 726 g/mol. The summed E-state index contributed by atoms with van der Waals surface area (Å²) in [7, 11) is 3.12. The van der Waals surface area contributed by atoms with E-state index in [0.717, 1.165) is 0 Å². The minimum absolute atomic E-state index is 0.0245. The molecule has 2 fully saturated rings. The first-order chi connectivity index (χ1) is 23.9. The molecule has 2 aliphatic rings. The SMILES string of the molecule is CCCC(NC(=O)C1[C@@H]2[C@H](CN1C(=O)[C@@H](NC(=O)OC(C)(C)C)C(C)(C)C)C2(C)C)C(=O)C(=O)N[C@@H](C)C(=O)NC(C(=O)N(C)C)c1ccccc1. The summed E-state index contributed by atoms with van der Waals surface area (Å²) in [5, 5.41) is 10.5. The normalized spacial score (nSPS) is 21.3. The fourth-order valence-corrected chi connectivity index (χ4v) is 6.82. The third-order valence-corrected chi connectivity index (χ3v) is 9.82. The predicted octanol–water partition coefficient (Wildman–Crippen LogP) is 2.71. The van der Waals surface area contributed by atoms with Crippen molar-refractivity contribution in [2.45, 2.75) is 118 Å². The highest BCUT2D eigenvalue weighted by Crippen LogP contribution is 2.65. The van der Waals surface area contributed by atoms with Crippen LogP contribution in [0.15, 0.2) is 30.3 Å². The topological polar surface area (TPSA) is 183 Å². The highest BCUT2D eigenvalue weighted by molar-refractivity contribution is 6.38. The minimum Gasteiger partial charge on any atom is -0.444 e. The number of rotatable bonds is 13. The fraction of sp³-hybridized carbons (Fsp3) is 0.658. The number of ketones is 1. The van der Waals surface area contributed by atoms with Gasteiger partial charge in [0.1, 0.15) is 29.8 Å². The second-order valence-electron chi connectivity index (χ2n) is 16.8. The third-order valence-electron chi connectivity index (χ3n) is 9.82. The van der Waals surface area contributed by atoms with E-state index in [0.29, 0.717) is 12.0 Å². The molecule has 52 heavy (non-hydrogen) atoms. The summed E-state index contributed by atoms with van der Waals surface area (Å²) < 4.78 is 5.43. The molecule has 0 radical (unpaired) electrons. The molecule has 1 aliphatic carbocycles. The Hall–Kier alpha value is -4.49. The van der Waals surface area contributed by atoms with Gasteiger partial charge >= 0.3 is 6.09 Å². The summed E-state index contributed by atoms with van der Waals surface area (Å²) in [6.07, 6.45) is -0.175. The molecular formula is C38H58N6O8. The van der Waals surface area contributed by atoms with Gasteiger partial charge in [0.05, 0.1) is 6.04 Å². The maximum atomic E-state index is 14.2. The Morgan fingerprint density at radius 2 is 1.52 bits per heavy atom. The average Bonchev–Trinajstić information content (AvgIpc) is 3.34. The molecule has 3 rings (SSSR count). The summed E-state index contributed by atoms with van der Waals surface area (Å²) in [6.45, 7) is 18.1. The quantitative estimate of drug-likeness (QED) is 0.224. The molecule has 14 heteroatoms. The Morgan fingerprint density at radius 1 is 0.923 bits per heavy atom. The predicted molar refractivity (Wildman–Crippen MR) is 194 cm³/mol. The summed E-state index contributed by atoms with van der Waals surface area (Å²) >= 11 is 0. The molecule has 1 saturated carbocycles. The van der Waals surface area contributed by atoms with Crippen molar-refractivity contribution in [3.05, 3.63) is 35.9 Å². The number of hydrogen-bond acceptors (Lipinski definition) is 8. The molecular weight excluding hydrogens is 668 g/mol. The maximum absolute atomic E-state index is 14.2. The first-order valence-corrected chi connectivity index (χ1v) is 17.9. The van der Waals surface area contributed by atoms with Gasteiger partial charge in [-0.1, -0.05) is 78.3 Å². The van der Waals surface area contributed by atoms with Gasteiger partial charge in [0.2, 0.25) is 29.4 Å². The first kappa shape index (κ1) is 41.9. The van der Waals surface area contributed by atoms with E-state index in [2.05, 4.69) is 21.3 Å². The number of amides is 6. The van der Waals surface area contributed by atoms with E-state index in [9.17, 15) is 33.6 Å². The lowest BCUT2D eigenvalue weighted by Gasteiger charge is -2.38. The van der Waals surface area contributed by atoms with E-state index in [-0.39, 0.29) is 36.1 Å². The maximum Gasteiger partial charge on any atom is 0.408 e. The van der Waals surface area contributed by atoms with Crippen molar-refractivity contribution in [3.8, 4) is 0 Å². The van der Waals surface area contributed by atoms with E-state index in [1.165, 1.54) is 16.7 Å². The van der Waals surface area contributed by atoms with E-state index in [4.69, 9.17) is 4.74 Å². The van der Waals surface area contributed by atoms with Gasteiger partial charge in [0.15, 0.2) is 0 Å². The average molecular weight is 727 g/mol. The molecule has 0 bridgehead atoms. The number of carbonyl (C=O) groups is 7. The zero-order chi connectivity index (χ0) is 39.5. The molecule has 0 aromatic heterocycles. The lowest BCUT2D eigenvalue weighted by molar-refractivity contribution is -0.145. The number of ether oxygens (including phenoxy) is 1. The van der Waals surface area contributed by atoms with Crippen molar-refractivity contribution in [3.63, 3.8) is 0 Å². The van der Waals surface area contributed by atoms with Crippen LogP contribution in [-0.4, -0.2) is 102 Å². The van der Waals surface area contributed by atoms with Crippen molar-refractivity contribution in [1.82, 2.24) is 31.1 Å². The Morgan fingerprint density at radius 3 is 2.04 bits per heavy atom. The fourth-order valence-electron chi connectivity index (χ4n) is 6.82. The Bertz CT molecular complexity index is 1530. The Kier molecular flexibility index (Phi) is 12.9. The van der Waals surface area contributed by atoms with Crippen molar-refractivity contribution in [2.24, 2.45) is 22.7 Å². The van der Waals surface area contributed by atoms with Crippen LogP contribution < -0.4 is 21.3 Å². The number of benzene rings is 1. The summed E-state index contributed by atoms with van der Waals surface area (Å²) in [5.41, 5.74) is -1.23. The van der Waals surface area contributed by atoms with Crippen molar-refractivity contribution in [2.75, 3.05) is 20.6 Å². The number of piperidine rings is 1. The van der Waals surface area contributed by atoms with Gasteiger partial charge < -0.3 is 35.8 Å². The molecule has 6 amide bonds. The lowest BCUT2D eigenvalue weighted by atomic mass is 9.85. The number of carbonyl (C=O) groups excluding carboxylic acids is 7. The van der Waals surface area contributed by atoms with Crippen LogP contribution in [0.2, 0.25) is 0 Å². The van der Waals surface area contributed by atoms with E-state index < -0.39 is 76.7 Å². The number of nitrogens with one attached hydrogen (secondary N) is 4. The van der Waals surface area contributed by atoms with Gasteiger partial charge in [-0.05, 0) is 62.3 Å². The van der Waals surface area contributed by atoms with Gasteiger partial charge in [0, 0.05) is 20.6 Å². The second kappa shape index (κ2) is 16.0. The summed E-state index contributed by atoms with van der Waals surface area (Å²) in [5.74, 6) is -4.27. The van der Waals surface area contributed by atoms with Crippen LogP contribution in [0, 0.1) is 22.7 Å². The van der Waals surface area contributed by atoms with Gasteiger partial charge in [-0.15, -0.1) is 0 Å². The van der Waals surface area contributed by atoms with Crippen LogP contribution in [0.1, 0.15) is 93.7 Å². The molecule has 0 spiro atoms. The van der Waals surface area contributed by atoms with Crippen LogP contribution in [-0.2, 0) is 33.5 Å².